The fraction of sp³-hybridized carbons (Fsp3) is 0.500. The summed E-state index contributed by atoms with van der Waals surface area (Å²) < 4.78 is 50.0. The first-order chi connectivity index (χ1) is 9.66. The lowest BCUT2D eigenvalue weighted by Gasteiger charge is -2.19. The highest BCUT2D eigenvalue weighted by molar-refractivity contribution is 7.91. The second kappa shape index (κ2) is 5.56. The van der Waals surface area contributed by atoms with Gasteiger partial charge in [-0.2, -0.15) is 4.31 Å². The summed E-state index contributed by atoms with van der Waals surface area (Å²) in [7, 11) is -7.27. The largest absolute Gasteiger partial charge is 0.323 e. The van der Waals surface area contributed by atoms with E-state index in [-0.39, 0.29) is 21.4 Å². The minimum absolute atomic E-state index is 0.0488. The first kappa shape index (κ1) is 16.2. The van der Waals surface area contributed by atoms with Crippen LogP contribution >= 0.6 is 0 Å². The summed E-state index contributed by atoms with van der Waals surface area (Å²) >= 11 is 0. The van der Waals surface area contributed by atoms with Gasteiger partial charge in [-0.05, 0) is 30.5 Å². The molecule has 1 fully saturated rings. The lowest BCUT2D eigenvalue weighted by Crippen LogP contribution is -2.30. The van der Waals surface area contributed by atoms with Crippen LogP contribution in [0.3, 0.4) is 0 Å². The van der Waals surface area contributed by atoms with E-state index in [1.54, 1.807) is 0 Å². The van der Waals surface area contributed by atoms with Gasteiger partial charge in [-0.25, -0.2) is 16.8 Å². The molecule has 1 aromatic rings. The molecule has 21 heavy (non-hydrogen) atoms. The van der Waals surface area contributed by atoms with Crippen LogP contribution in [-0.4, -0.2) is 40.5 Å². The molecule has 9 heteroatoms. The molecule has 0 amide bonds. The molecule has 0 aliphatic carbocycles. The van der Waals surface area contributed by atoms with Gasteiger partial charge < -0.3 is 5.43 Å². The standard InChI is InChI=1S/C12H19N3O4S2/c1-9-5-6-15(8-9)21(18,19)12-7-10(20(2,16)17)3-4-11(12)14-13/h3-4,7,9,14H,5-6,8,13H2,1-2H3. The Balaban J connectivity index is 2.55. The van der Waals surface area contributed by atoms with Crippen LogP contribution in [0.1, 0.15) is 13.3 Å². The van der Waals surface area contributed by atoms with Crippen molar-refractivity contribution in [3.05, 3.63) is 18.2 Å². The van der Waals surface area contributed by atoms with Gasteiger partial charge >= 0.3 is 0 Å². The van der Waals surface area contributed by atoms with E-state index in [0.29, 0.717) is 13.1 Å². The summed E-state index contributed by atoms with van der Waals surface area (Å²) in [6.45, 7) is 2.83. The smallest absolute Gasteiger partial charge is 0.245 e. The van der Waals surface area contributed by atoms with E-state index >= 15 is 0 Å². The molecule has 1 unspecified atom stereocenters. The van der Waals surface area contributed by atoms with Gasteiger partial charge in [0, 0.05) is 19.3 Å². The molecule has 7 nitrogen and oxygen atoms in total. The first-order valence-corrected chi connectivity index (χ1v) is 9.80. The highest BCUT2D eigenvalue weighted by Crippen LogP contribution is 2.30. The maximum Gasteiger partial charge on any atom is 0.245 e. The number of sulfone groups is 1. The van der Waals surface area contributed by atoms with Crippen LogP contribution in [0.2, 0.25) is 0 Å². The zero-order valence-electron chi connectivity index (χ0n) is 11.9. The third-order valence-corrected chi connectivity index (χ3v) is 6.56. The minimum Gasteiger partial charge on any atom is -0.323 e. The molecule has 0 saturated carbocycles. The Morgan fingerprint density at radius 2 is 1.95 bits per heavy atom. The van der Waals surface area contributed by atoms with Crippen LogP contribution in [0, 0.1) is 5.92 Å². The van der Waals surface area contributed by atoms with E-state index in [0.717, 1.165) is 18.7 Å². The summed E-state index contributed by atoms with van der Waals surface area (Å²) in [6.07, 6.45) is 1.82. The van der Waals surface area contributed by atoms with Crippen molar-refractivity contribution < 1.29 is 16.8 Å². The molecule has 0 spiro atoms. The topological polar surface area (TPSA) is 110 Å². The Labute approximate surface area is 125 Å². The Bertz CT molecular complexity index is 744. The zero-order chi connectivity index (χ0) is 15.8. The molecule has 2 rings (SSSR count). The van der Waals surface area contributed by atoms with E-state index < -0.39 is 19.9 Å². The van der Waals surface area contributed by atoms with Gasteiger partial charge in [0.1, 0.15) is 4.90 Å². The van der Waals surface area contributed by atoms with Gasteiger partial charge in [0.15, 0.2) is 9.84 Å². The van der Waals surface area contributed by atoms with Crippen molar-refractivity contribution in [2.45, 2.75) is 23.1 Å². The average molecular weight is 333 g/mol. The number of nitrogens with zero attached hydrogens (tertiary/aromatic N) is 1. The second-order valence-electron chi connectivity index (χ2n) is 5.33. The Morgan fingerprint density at radius 1 is 1.29 bits per heavy atom. The monoisotopic (exact) mass is 333 g/mol. The van der Waals surface area contributed by atoms with Gasteiger partial charge in [-0.1, -0.05) is 6.92 Å². The first-order valence-electron chi connectivity index (χ1n) is 6.47. The van der Waals surface area contributed by atoms with Crippen LogP contribution in [0.4, 0.5) is 5.69 Å². The summed E-state index contributed by atoms with van der Waals surface area (Å²) in [5, 5.41) is 0. The third kappa shape index (κ3) is 3.20. The van der Waals surface area contributed by atoms with Crippen LogP contribution in [0.15, 0.2) is 28.0 Å². The Kier molecular flexibility index (Phi) is 4.29. The SMILES string of the molecule is CC1CCN(S(=O)(=O)c2cc(S(C)(=O)=O)ccc2NN)C1. The summed E-state index contributed by atoms with van der Waals surface area (Å²) in [4.78, 5) is -0.158. The lowest BCUT2D eigenvalue weighted by molar-refractivity contribution is 0.464. The number of hydrazine groups is 1. The van der Waals surface area contributed by atoms with Crippen molar-refractivity contribution in [2.75, 3.05) is 24.8 Å². The molecule has 0 radical (unpaired) electrons. The number of sulfonamides is 1. The van der Waals surface area contributed by atoms with Crippen molar-refractivity contribution in [2.24, 2.45) is 11.8 Å². The molecule has 1 aromatic carbocycles. The number of anilines is 1. The van der Waals surface area contributed by atoms with Crippen LogP contribution < -0.4 is 11.3 Å². The van der Waals surface area contributed by atoms with Crippen molar-refractivity contribution in [3.8, 4) is 0 Å². The van der Waals surface area contributed by atoms with Gasteiger partial charge in [0.05, 0.1) is 10.6 Å². The van der Waals surface area contributed by atoms with E-state index in [1.807, 2.05) is 6.92 Å². The van der Waals surface area contributed by atoms with E-state index in [1.165, 1.54) is 16.4 Å². The predicted octanol–water partition coefficient (Wildman–Crippen LogP) is 0.406. The number of hydrogen-bond donors (Lipinski definition) is 2. The minimum atomic E-state index is -3.77. The van der Waals surface area contributed by atoms with E-state index in [4.69, 9.17) is 5.84 Å². The predicted molar refractivity (Wildman–Crippen MR) is 79.9 cm³/mol. The molecule has 1 atom stereocenters. The second-order valence-corrected chi connectivity index (χ2v) is 9.25. The normalized spacial score (nSPS) is 20.6. The summed E-state index contributed by atoms with van der Waals surface area (Å²) in [6, 6.07) is 3.85. The average Bonchev–Trinajstić information content (AvgIpc) is 2.84. The highest BCUT2D eigenvalue weighted by Gasteiger charge is 2.32. The van der Waals surface area contributed by atoms with Crippen LogP contribution in [-0.2, 0) is 19.9 Å². The van der Waals surface area contributed by atoms with Crippen molar-refractivity contribution in [3.63, 3.8) is 0 Å². The van der Waals surface area contributed by atoms with Crippen LogP contribution in [0.5, 0.6) is 0 Å². The fourth-order valence-corrected chi connectivity index (χ4v) is 4.80. The molecule has 1 heterocycles. The van der Waals surface area contributed by atoms with E-state index in [2.05, 4.69) is 5.43 Å². The summed E-state index contributed by atoms with van der Waals surface area (Å²) in [5.74, 6) is 5.63. The summed E-state index contributed by atoms with van der Waals surface area (Å²) in [5.41, 5.74) is 2.50. The molecule has 0 bridgehead atoms. The van der Waals surface area contributed by atoms with Crippen molar-refractivity contribution in [1.82, 2.24) is 4.31 Å². The molecule has 0 aromatic heterocycles. The number of rotatable bonds is 4. The van der Waals surface area contributed by atoms with Gasteiger partial charge in [-0.3, -0.25) is 5.84 Å². The third-order valence-electron chi connectivity index (χ3n) is 3.54. The molecule has 3 N–H and O–H groups in total. The zero-order valence-corrected chi connectivity index (χ0v) is 13.5. The van der Waals surface area contributed by atoms with Gasteiger partial charge in [0.25, 0.3) is 0 Å². The number of hydrogen-bond acceptors (Lipinski definition) is 6. The lowest BCUT2D eigenvalue weighted by atomic mass is 10.2. The molecular weight excluding hydrogens is 314 g/mol. The molecule has 1 aliphatic rings. The molecule has 1 aliphatic heterocycles. The molecule has 1 saturated heterocycles. The van der Waals surface area contributed by atoms with Crippen molar-refractivity contribution in [1.29, 1.82) is 0 Å². The van der Waals surface area contributed by atoms with Crippen LogP contribution in [0.25, 0.3) is 0 Å². The number of nitrogen functional groups attached to an aromatic ring is 1. The number of nitrogens with one attached hydrogen (secondary N) is 1. The molecule has 118 valence electrons. The van der Waals surface area contributed by atoms with Gasteiger partial charge in [-0.15, -0.1) is 0 Å². The quantitative estimate of drug-likeness (QED) is 0.610. The maximum atomic E-state index is 12.7. The Morgan fingerprint density at radius 3 is 2.43 bits per heavy atom. The number of benzene rings is 1. The maximum absolute atomic E-state index is 12.7. The highest BCUT2D eigenvalue weighted by atomic mass is 32.2. The number of nitrogens with two attached hydrogens (primary N) is 1. The van der Waals surface area contributed by atoms with Crippen molar-refractivity contribution >= 4 is 25.5 Å². The van der Waals surface area contributed by atoms with Gasteiger partial charge in [0.2, 0.25) is 10.0 Å². The fourth-order valence-electron chi connectivity index (χ4n) is 2.32. The Hall–Kier alpha value is -1.16. The van der Waals surface area contributed by atoms with E-state index in [9.17, 15) is 16.8 Å². The molecular formula is C12H19N3O4S2.